The quantitative estimate of drug-likeness (QED) is 0.106. The van der Waals surface area contributed by atoms with E-state index in [-0.39, 0.29) is 24.1 Å². The lowest BCUT2D eigenvalue weighted by molar-refractivity contribution is -0.254. The normalized spacial score (nSPS) is 16.8. The minimum absolute atomic E-state index is 0.00514. The van der Waals surface area contributed by atoms with Crippen LogP contribution in [-0.2, 0) is 9.63 Å². The van der Waals surface area contributed by atoms with E-state index in [4.69, 9.17) is 19.0 Å². The van der Waals surface area contributed by atoms with Crippen molar-refractivity contribution in [1.82, 2.24) is 5.06 Å². The molecule has 1 aliphatic heterocycles. The number of para-hydroxylation sites is 3. The predicted octanol–water partition coefficient (Wildman–Crippen LogP) is 12.9. The molecule has 61 heavy (non-hydrogen) atoms. The van der Waals surface area contributed by atoms with Gasteiger partial charge >= 0.3 is 12.1 Å². The second-order valence-corrected chi connectivity index (χ2v) is 16.9. The predicted molar refractivity (Wildman–Crippen MR) is 222 cm³/mol. The maximum absolute atomic E-state index is 15.9. The first-order valence-corrected chi connectivity index (χ1v) is 21.2. The molecule has 0 saturated carbocycles. The van der Waals surface area contributed by atoms with Crippen molar-refractivity contribution in [2.24, 2.45) is 0 Å². The van der Waals surface area contributed by atoms with Gasteiger partial charge < -0.3 is 19.0 Å². The van der Waals surface area contributed by atoms with Crippen molar-refractivity contribution < 1.29 is 50.2 Å². The molecule has 0 aliphatic carbocycles. The molecule has 0 N–H and O–H groups in total. The monoisotopic (exact) mass is 893 g/mol. The lowest BCUT2D eigenvalue weighted by Crippen LogP contribution is -2.45. The van der Waals surface area contributed by atoms with Crippen molar-refractivity contribution in [3.05, 3.63) is 162 Å². The Labute approximate surface area is 361 Å². The highest BCUT2D eigenvalue weighted by Crippen LogP contribution is 2.57. The van der Waals surface area contributed by atoms with E-state index >= 15 is 13.2 Å². The maximum Gasteiger partial charge on any atom is 0.492 e. The SMILES string of the molecule is COc1ccccc1Sc1ccc(F)cc1C1CCN(OC(=O)C(F)(F)F)C(c2cc(F)ccc2Sc2ccccc2OC)C1c1cc(F)ccc1Sc1ccccc1OC. The number of carbonyl (C=O) groups excluding carboxylic acids is 1. The fourth-order valence-corrected chi connectivity index (χ4v) is 10.7. The summed E-state index contributed by atoms with van der Waals surface area (Å²) in [6.07, 6.45) is -5.41. The number of nitrogens with zero attached hydrogens (tertiary/aromatic N) is 1. The number of hydroxylamine groups is 2. The number of benzene rings is 6. The number of rotatable bonds is 13. The minimum atomic E-state index is -5.40. The third-order valence-corrected chi connectivity index (χ3v) is 13.5. The highest BCUT2D eigenvalue weighted by Gasteiger charge is 2.49. The molecule has 6 aromatic rings. The van der Waals surface area contributed by atoms with Gasteiger partial charge in [-0.05, 0) is 120 Å². The fraction of sp³-hybridized carbons (Fsp3) is 0.196. The summed E-state index contributed by atoms with van der Waals surface area (Å²) in [6, 6.07) is 32.2. The Morgan fingerprint density at radius 3 is 1.39 bits per heavy atom. The van der Waals surface area contributed by atoms with Crippen molar-refractivity contribution >= 4 is 41.3 Å². The smallest absolute Gasteiger partial charge is 0.492 e. The Morgan fingerprint density at radius 2 is 0.951 bits per heavy atom. The van der Waals surface area contributed by atoms with Crippen molar-refractivity contribution in [1.29, 1.82) is 0 Å². The van der Waals surface area contributed by atoms with Crippen LogP contribution in [0.5, 0.6) is 17.2 Å². The zero-order valence-corrected chi connectivity index (χ0v) is 35.2. The first-order chi connectivity index (χ1) is 29.4. The van der Waals surface area contributed by atoms with Gasteiger partial charge in [0.25, 0.3) is 0 Å². The first kappa shape index (κ1) is 43.9. The molecule has 0 amide bonds. The maximum atomic E-state index is 15.9. The minimum Gasteiger partial charge on any atom is -0.496 e. The molecule has 0 radical (unpaired) electrons. The summed E-state index contributed by atoms with van der Waals surface area (Å²) < 4.78 is 107. The third kappa shape index (κ3) is 9.96. The van der Waals surface area contributed by atoms with Gasteiger partial charge in [-0.2, -0.15) is 13.2 Å². The molecule has 1 saturated heterocycles. The molecule has 6 nitrogen and oxygen atoms in total. The molecule has 3 atom stereocenters. The lowest BCUT2D eigenvalue weighted by atomic mass is 9.71. The summed E-state index contributed by atoms with van der Waals surface area (Å²) in [7, 11) is 4.50. The Morgan fingerprint density at radius 1 is 0.557 bits per heavy atom. The number of piperidine rings is 1. The van der Waals surface area contributed by atoms with Gasteiger partial charge in [0, 0.05) is 27.1 Å². The molecule has 0 bridgehead atoms. The van der Waals surface area contributed by atoms with Crippen LogP contribution in [0.2, 0.25) is 0 Å². The van der Waals surface area contributed by atoms with Crippen LogP contribution < -0.4 is 14.2 Å². The largest absolute Gasteiger partial charge is 0.496 e. The Hall–Kier alpha value is -5.22. The van der Waals surface area contributed by atoms with Crippen molar-refractivity contribution in [3.8, 4) is 17.2 Å². The molecule has 0 spiro atoms. The van der Waals surface area contributed by atoms with Crippen LogP contribution in [0.3, 0.4) is 0 Å². The van der Waals surface area contributed by atoms with Crippen LogP contribution in [0.4, 0.5) is 26.3 Å². The molecule has 1 heterocycles. The summed E-state index contributed by atoms with van der Waals surface area (Å²) in [4.78, 5) is 21.4. The zero-order valence-electron chi connectivity index (χ0n) is 32.8. The Kier molecular flexibility index (Phi) is 13.8. The molecule has 1 aliphatic rings. The summed E-state index contributed by atoms with van der Waals surface area (Å²) in [5.74, 6) is -4.90. The van der Waals surface area contributed by atoms with E-state index in [1.807, 2.05) is 12.1 Å². The second kappa shape index (κ2) is 19.2. The fourth-order valence-electron chi connectivity index (χ4n) is 7.41. The van der Waals surface area contributed by atoms with Gasteiger partial charge in [-0.3, -0.25) is 0 Å². The number of alkyl halides is 3. The van der Waals surface area contributed by atoms with Crippen LogP contribution in [0, 0.1) is 17.5 Å². The number of ether oxygens (including phenoxy) is 3. The van der Waals surface area contributed by atoms with Crippen molar-refractivity contribution in [3.63, 3.8) is 0 Å². The number of hydrogen-bond donors (Lipinski definition) is 0. The standard InChI is InChI=1S/C46H37F6NO5S3/c1-55-34-10-4-7-13-40(34)59-37-19-16-27(47)24-31(37)30-22-23-53(58-45(54)46(50,51)52)44(33-26-29(49)18-21-39(33)61-42-15-9-6-12-36(42)57-3)43(30)32-25-28(48)17-20-38(32)60-41-14-8-5-11-35(41)56-2/h4-21,24-26,30,43-44H,22-23H2,1-3H3. The number of carbonyl (C=O) groups is 1. The summed E-state index contributed by atoms with van der Waals surface area (Å²) in [6.45, 7) is -0.303. The topological polar surface area (TPSA) is 57.2 Å². The number of halogens is 6. The van der Waals surface area contributed by atoms with Crippen LogP contribution >= 0.6 is 35.3 Å². The van der Waals surface area contributed by atoms with E-state index in [1.165, 1.54) is 87.3 Å². The van der Waals surface area contributed by atoms with Gasteiger partial charge in [0.1, 0.15) is 34.7 Å². The van der Waals surface area contributed by atoms with E-state index in [9.17, 15) is 18.0 Å². The first-order valence-electron chi connectivity index (χ1n) is 18.7. The zero-order chi connectivity index (χ0) is 43.3. The van der Waals surface area contributed by atoms with Crippen LogP contribution in [0.1, 0.15) is 41.0 Å². The number of hydrogen-bond acceptors (Lipinski definition) is 9. The second-order valence-electron chi connectivity index (χ2n) is 13.7. The van der Waals surface area contributed by atoms with E-state index in [2.05, 4.69) is 0 Å². The van der Waals surface area contributed by atoms with Gasteiger partial charge in [0.2, 0.25) is 0 Å². The van der Waals surface area contributed by atoms with Crippen molar-refractivity contribution in [2.75, 3.05) is 27.9 Å². The van der Waals surface area contributed by atoms with Gasteiger partial charge in [-0.25, -0.2) is 18.0 Å². The molecule has 6 aromatic carbocycles. The molecule has 316 valence electrons. The summed E-state index contributed by atoms with van der Waals surface area (Å²) in [5.41, 5.74) is 0.864. The van der Waals surface area contributed by atoms with Gasteiger partial charge in [-0.15, -0.1) is 5.06 Å². The van der Waals surface area contributed by atoms with Gasteiger partial charge in [0.15, 0.2) is 0 Å². The highest BCUT2D eigenvalue weighted by molar-refractivity contribution is 8.00. The van der Waals surface area contributed by atoms with E-state index < -0.39 is 47.5 Å². The van der Waals surface area contributed by atoms with E-state index in [0.717, 1.165) is 16.8 Å². The summed E-state index contributed by atoms with van der Waals surface area (Å²) in [5, 5.41) is 0.896. The molecule has 1 fully saturated rings. The van der Waals surface area contributed by atoms with Crippen molar-refractivity contribution in [2.45, 2.75) is 59.8 Å². The van der Waals surface area contributed by atoms with Gasteiger partial charge in [0.05, 0.1) is 42.1 Å². The molecule has 0 aromatic heterocycles. The average Bonchev–Trinajstić information content (AvgIpc) is 3.25. The molecule has 7 rings (SSSR count). The average molecular weight is 894 g/mol. The molecular formula is C46H37F6NO5S3. The van der Waals surface area contributed by atoms with Gasteiger partial charge in [-0.1, -0.05) is 71.7 Å². The highest BCUT2D eigenvalue weighted by atomic mass is 32.2. The van der Waals surface area contributed by atoms with E-state index in [0.29, 0.717) is 52.2 Å². The molecule has 15 heteroatoms. The van der Waals surface area contributed by atoms with E-state index in [1.54, 1.807) is 72.8 Å². The van der Waals surface area contributed by atoms with Crippen LogP contribution in [0.25, 0.3) is 0 Å². The molecule has 3 unspecified atom stereocenters. The third-order valence-electron chi connectivity index (χ3n) is 10.0. The molecular weight excluding hydrogens is 857 g/mol. The Bertz CT molecular complexity index is 2520. The Balaban J connectivity index is 1.51. The lowest BCUT2D eigenvalue weighted by Gasteiger charge is -2.46. The van der Waals surface area contributed by atoms with Crippen LogP contribution in [-0.4, -0.2) is 45.1 Å². The number of methoxy groups -OCH3 is 3. The van der Waals surface area contributed by atoms with Crippen LogP contribution in [0.15, 0.2) is 157 Å². The summed E-state index contributed by atoms with van der Waals surface area (Å²) >= 11 is 3.67.